The highest BCUT2D eigenvalue weighted by atomic mass is 14.2. The van der Waals surface area contributed by atoms with Crippen molar-refractivity contribution in [2.45, 2.75) is 20.3 Å². The molecular weight excluding hydrogens is 216 g/mol. The molecule has 1 aromatic carbocycles. The summed E-state index contributed by atoms with van der Waals surface area (Å²) < 4.78 is 0. The van der Waals surface area contributed by atoms with Gasteiger partial charge >= 0.3 is 0 Å². The maximum Gasteiger partial charge on any atom is 0.0216 e. The van der Waals surface area contributed by atoms with Gasteiger partial charge in [-0.2, -0.15) is 0 Å². The minimum atomic E-state index is 0.476. The highest BCUT2D eigenvalue weighted by Gasteiger charge is 2.15. The monoisotopic (exact) mass is 234 g/mol. The van der Waals surface area contributed by atoms with Gasteiger partial charge in [0, 0.05) is 5.92 Å². The second-order valence-corrected chi connectivity index (χ2v) is 5.39. The van der Waals surface area contributed by atoms with Gasteiger partial charge in [-0.25, -0.2) is 0 Å². The van der Waals surface area contributed by atoms with E-state index in [9.17, 15) is 0 Å². The third-order valence-corrected chi connectivity index (χ3v) is 3.73. The van der Waals surface area contributed by atoms with Crippen molar-refractivity contribution in [1.29, 1.82) is 0 Å². The summed E-state index contributed by atoms with van der Waals surface area (Å²) in [5.41, 5.74) is 5.45. The molecule has 0 radical (unpaired) electrons. The lowest BCUT2D eigenvalue weighted by Crippen LogP contribution is -2.24. The van der Waals surface area contributed by atoms with Crippen LogP contribution in [0.1, 0.15) is 18.1 Å². The molecule has 0 bridgehead atoms. The molecule has 0 saturated heterocycles. The van der Waals surface area contributed by atoms with Crippen LogP contribution in [0.5, 0.6) is 0 Å². The fourth-order valence-corrected chi connectivity index (χ4v) is 2.84. The van der Waals surface area contributed by atoms with E-state index in [-0.39, 0.29) is 0 Å². The standard InChI is InChI=1S/C18H18/c1-12(2)8-15-11-16-10-14-6-4-5-7-17(14)18(16)9-13(15)3/h4-7,9-11,14H,1,8H2,2-3H3. The highest BCUT2D eigenvalue weighted by Crippen LogP contribution is 2.22. The zero-order valence-electron chi connectivity index (χ0n) is 11.0. The van der Waals surface area contributed by atoms with E-state index in [1.54, 1.807) is 0 Å². The molecule has 1 unspecified atom stereocenters. The predicted octanol–water partition coefficient (Wildman–Crippen LogP) is 2.80. The van der Waals surface area contributed by atoms with Gasteiger partial charge < -0.3 is 0 Å². The van der Waals surface area contributed by atoms with E-state index < -0.39 is 0 Å². The first kappa shape index (κ1) is 11.3. The molecule has 0 spiro atoms. The van der Waals surface area contributed by atoms with Crippen LogP contribution in [0, 0.1) is 12.8 Å². The zero-order valence-corrected chi connectivity index (χ0v) is 11.0. The summed E-state index contributed by atoms with van der Waals surface area (Å²) in [6, 6.07) is 4.68. The summed E-state index contributed by atoms with van der Waals surface area (Å²) in [5, 5.41) is 2.79. The molecule has 0 fully saturated rings. The third-order valence-electron chi connectivity index (χ3n) is 3.73. The largest absolute Gasteiger partial charge is 0.0998 e. The molecule has 1 aromatic rings. The Bertz CT molecular complexity index is 696. The van der Waals surface area contributed by atoms with Crippen molar-refractivity contribution in [1.82, 2.24) is 0 Å². The van der Waals surface area contributed by atoms with E-state index in [1.807, 2.05) is 0 Å². The molecule has 3 rings (SSSR count). The Morgan fingerprint density at radius 3 is 2.89 bits per heavy atom. The van der Waals surface area contributed by atoms with Gasteiger partial charge in [0.25, 0.3) is 0 Å². The van der Waals surface area contributed by atoms with Gasteiger partial charge in [0.1, 0.15) is 0 Å². The van der Waals surface area contributed by atoms with Crippen molar-refractivity contribution in [3.05, 3.63) is 70.2 Å². The summed E-state index contributed by atoms with van der Waals surface area (Å²) in [6.07, 6.45) is 12.1. The first-order valence-corrected chi connectivity index (χ1v) is 6.50. The van der Waals surface area contributed by atoms with Crippen LogP contribution < -0.4 is 10.4 Å². The Labute approximate surface area is 108 Å². The van der Waals surface area contributed by atoms with Crippen LogP contribution in [-0.4, -0.2) is 0 Å². The van der Waals surface area contributed by atoms with Gasteiger partial charge in [-0.15, -0.1) is 0 Å². The number of hydrogen-bond donors (Lipinski definition) is 0. The second kappa shape index (κ2) is 4.13. The van der Waals surface area contributed by atoms with Crippen molar-refractivity contribution in [3.63, 3.8) is 0 Å². The molecule has 0 N–H and O–H groups in total. The van der Waals surface area contributed by atoms with Crippen LogP contribution in [-0.2, 0) is 6.42 Å². The van der Waals surface area contributed by atoms with E-state index in [1.165, 1.54) is 32.7 Å². The van der Waals surface area contributed by atoms with Crippen LogP contribution in [0.3, 0.4) is 0 Å². The minimum Gasteiger partial charge on any atom is -0.0998 e. The van der Waals surface area contributed by atoms with Crippen LogP contribution in [0.2, 0.25) is 0 Å². The summed E-state index contributed by atoms with van der Waals surface area (Å²) in [5.74, 6) is 0.476. The van der Waals surface area contributed by atoms with Crippen LogP contribution in [0.25, 0.3) is 11.6 Å². The smallest absolute Gasteiger partial charge is 0.0216 e. The topological polar surface area (TPSA) is 0 Å². The molecule has 0 heterocycles. The molecule has 0 aromatic heterocycles. The number of fused-ring (bicyclic) bond motifs is 2. The van der Waals surface area contributed by atoms with Gasteiger partial charge in [0.15, 0.2) is 0 Å². The Morgan fingerprint density at radius 2 is 2.11 bits per heavy atom. The average Bonchev–Trinajstić information content (AvgIpc) is 2.67. The Kier molecular flexibility index (Phi) is 2.59. The molecule has 18 heavy (non-hydrogen) atoms. The van der Waals surface area contributed by atoms with Crippen LogP contribution in [0.15, 0.2) is 48.6 Å². The summed E-state index contributed by atoms with van der Waals surface area (Å²) in [6.45, 7) is 8.32. The van der Waals surface area contributed by atoms with E-state index in [0.29, 0.717) is 5.92 Å². The summed E-state index contributed by atoms with van der Waals surface area (Å²) in [4.78, 5) is 0. The SMILES string of the molecule is C=C(C)Cc1cc2c(cc1C)=C1C=CC=CC1C=2. The normalized spacial score (nSPS) is 19.4. The highest BCUT2D eigenvalue weighted by molar-refractivity contribution is 5.74. The molecular formula is C18H18. The Balaban J connectivity index is 2.21. The third kappa shape index (κ3) is 1.78. The molecule has 0 saturated carbocycles. The van der Waals surface area contributed by atoms with Gasteiger partial charge in [-0.3, -0.25) is 0 Å². The maximum absolute atomic E-state index is 4.02. The van der Waals surface area contributed by atoms with E-state index in [4.69, 9.17) is 0 Å². The second-order valence-electron chi connectivity index (χ2n) is 5.39. The van der Waals surface area contributed by atoms with Gasteiger partial charge in [0.2, 0.25) is 0 Å². The fraction of sp³-hybridized carbons (Fsp3) is 0.222. The van der Waals surface area contributed by atoms with E-state index >= 15 is 0 Å². The first-order chi connectivity index (χ1) is 8.65. The zero-order chi connectivity index (χ0) is 12.7. The van der Waals surface area contributed by atoms with Crippen molar-refractivity contribution >= 4 is 11.6 Å². The van der Waals surface area contributed by atoms with Crippen molar-refractivity contribution < 1.29 is 0 Å². The Hall–Kier alpha value is -1.82. The number of allylic oxidation sites excluding steroid dienone is 5. The van der Waals surface area contributed by atoms with Crippen LogP contribution >= 0.6 is 0 Å². The fourth-order valence-electron chi connectivity index (χ4n) is 2.84. The summed E-state index contributed by atoms with van der Waals surface area (Å²) in [7, 11) is 0. The maximum atomic E-state index is 4.02. The first-order valence-electron chi connectivity index (χ1n) is 6.50. The lowest BCUT2D eigenvalue weighted by molar-refractivity contribution is 1.12. The van der Waals surface area contributed by atoms with Crippen LogP contribution in [0.4, 0.5) is 0 Å². The van der Waals surface area contributed by atoms with E-state index in [0.717, 1.165) is 6.42 Å². The summed E-state index contributed by atoms with van der Waals surface area (Å²) >= 11 is 0. The molecule has 2 aliphatic carbocycles. The van der Waals surface area contributed by atoms with Crippen molar-refractivity contribution in [2.75, 3.05) is 0 Å². The lowest BCUT2D eigenvalue weighted by atomic mass is 9.96. The number of benzene rings is 1. The average molecular weight is 234 g/mol. The predicted molar refractivity (Wildman–Crippen MR) is 78.6 cm³/mol. The molecule has 0 aliphatic heterocycles. The number of rotatable bonds is 2. The molecule has 0 amide bonds. The van der Waals surface area contributed by atoms with Gasteiger partial charge in [0.05, 0.1) is 0 Å². The number of hydrogen-bond acceptors (Lipinski definition) is 0. The molecule has 90 valence electrons. The minimum absolute atomic E-state index is 0.476. The van der Waals surface area contributed by atoms with Gasteiger partial charge in [-0.1, -0.05) is 54.7 Å². The molecule has 2 aliphatic rings. The molecule has 1 atom stereocenters. The van der Waals surface area contributed by atoms with Crippen molar-refractivity contribution in [2.24, 2.45) is 5.92 Å². The van der Waals surface area contributed by atoms with Crippen molar-refractivity contribution in [3.8, 4) is 0 Å². The number of aryl methyl sites for hydroxylation is 1. The van der Waals surface area contributed by atoms with E-state index in [2.05, 4.69) is 62.9 Å². The lowest BCUT2D eigenvalue weighted by Gasteiger charge is -2.08. The molecule has 0 heteroatoms. The quantitative estimate of drug-likeness (QED) is 0.690. The van der Waals surface area contributed by atoms with Gasteiger partial charge in [-0.05, 0) is 47.4 Å². The molecule has 0 nitrogen and oxygen atoms in total. The Morgan fingerprint density at radius 1 is 1.28 bits per heavy atom.